The number of rotatable bonds is 5. The van der Waals surface area contributed by atoms with E-state index in [9.17, 15) is 9.59 Å². The highest BCUT2D eigenvalue weighted by molar-refractivity contribution is 5.98. The molecule has 170 valence electrons. The van der Waals surface area contributed by atoms with E-state index >= 15 is 0 Å². The van der Waals surface area contributed by atoms with Gasteiger partial charge in [-0.15, -0.1) is 0 Å². The summed E-state index contributed by atoms with van der Waals surface area (Å²) in [7, 11) is 0. The highest BCUT2D eigenvalue weighted by Crippen LogP contribution is 2.28. The number of carbonyl (C=O) groups excluding carboxylic acids is 2. The molecule has 4 rings (SSSR count). The van der Waals surface area contributed by atoms with Crippen LogP contribution in [0.2, 0.25) is 0 Å². The summed E-state index contributed by atoms with van der Waals surface area (Å²) in [4.78, 5) is 30.3. The van der Waals surface area contributed by atoms with E-state index in [2.05, 4.69) is 27.2 Å². The van der Waals surface area contributed by atoms with Crippen molar-refractivity contribution in [1.82, 2.24) is 9.80 Å². The summed E-state index contributed by atoms with van der Waals surface area (Å²) in [5, 5.41) is 3.14. The Bertz CT molecular complexity index is 898. The number of hydrogen-bond donors (Lipinski definition) is 1. The van der Waals surface area contributed by atoms with Crippen LogP contribution in [-0.2, 0) is 9.59 Å². The number of para-hydroxylation sites is 1. The van der Waals surface area contributed by atoms with Gasteiger partial charge in [-0.1, -0.05) is 61.4 Å². The highest BCUT2D eigenvalue weighted by Gasteiger charge is 2.32. The Labute approximate surface area is 191 Å². The molecule has 2 saturated heterocycles. The molecule has 2 fully saturated rings. The van der Waals surface area contributed by atoms with Crippen LogP contribution in [-0.4, -0.2) is 53.8 Å². The second-order valence-corrected chi connectivity index (χ2v) is 9.13. The number of carbonyl (C=O) groups is 2. The van der Waals surface area contributed by atoms with Gasteiger partial charge in [-0.05, 0) is 57.3 Å². The van der Waals surface area contributed by atoms with Crippen LogP contribution in [0.3, 0.4) is 0 Å². The summed E-state index contributed by atoms with van der Waals surface area (Å²) in [5.41, 5.74) is 2.95. The molecule has 2 amide bonds. The summed E-state index contributed by atoms with van der Waals surface area (Å²) >= 11 is 0. The molecule has 0 bridgehead atoms. The predicted octanol–water partition coefficient (Wildman–Crippen LogP) is 4.80. The molecule has 2 aromatic carbocycles. The van der Waals surface area contributed by atoms with Crippen molar-refractivity contribution in [3.63, 3.8) is 0 Å². The van der Waals surface area contributed by atoms with E-state index in [4.69, 9.17) is 0 Å². The summed E-state index contributed by atoms with van der Waals surface area (Å²) in [6, 6.07) is 17.8. The standard InChI is InChI=1S/C27H35N3O2/c1-21(26(31)28-25-14-8-7-13-24(25)22-11-5-4-6-12-22)29-19-15-23(16-20-29)27(32)30-17-9-2-3-10-18-30/h4-8,11-14,21,23H,2-3,9-10,15-20H2,1H3,(H,28,31)/t21-/m0/s1. The van der Waals surface area contributed by atoms with Crippen molar-refractivity contribution in [3.05, 3.63) is 54.6 Å². The maximum Gasteiger partial charge on any atom is 0.241 e. The average Bonchev–Trinajstić information content (AvgIpc) is 3.14. The van der Waals surface area contributed by atoms with Crippen molar-refractivity contribution in [3.8, 4) is 11.1 Å². The third-order valence-electron chi connectivity index (χ3n) is 6.99. The fourth-order valence-electron chi connectivity index (χ4n) is 4.95. The molecule has 0 aliphatic carbocycles. The quantitative estimate of drug-likeness (QED) is 0.737. The molecule has 0 aromatic heterocycles. The molecular weight excluding hydrogens is 398 g/mol. The van der Waals surface area contributed by atoms with Gasteiger partial charge in [0.1, 0.15) is 0 Å². The smallest absolute Gasteiger partial charge is 0.241 e. The lowest BCUT2D eigenvalue weighted by atomic mass is 9.94. The van der Waals surface area contributed by atoms with Crippen molar-refractivity contribution in [2.45, 2.75) is 51.5 Å². The molecule has 1 atom stereocenters. The van der Waals surface area contributed by atoms with E-state index in [1.165, 1.54) is 12.8 Å². The van der Waals surface area contributed by atoms with Crippen LogP contribution >= 0.6 is 0 Å². The van der Waals surface area contributed by atoms with Crippen LogP contribution < -0.4 is 5.32 Å². The van der Waals surface area contributed by atoms with Crippen LogP contribution in [0, 0.1) is 5.92 Å². The molecule has 2 aliphatic rings. The zero-order valence-corrected chi connectivity index (χ0v) is 19.1. The van der Waals surface area contributed by atoms with Crippen LogP contribution in [0.25, 0.3) is 11.1 Å². The molecule has 32 heavy (non-hydrogen) atoms. The fourth-order valence-corrected chi connectivity index (χ4v) is 4.95. The van der Waals surface area contributed by atoms with Gasteiger partial charge in [0, 0.05) is 30.3 Å². The Kier molecular flexibility index (Phi) is 7.59. The molecule has 0 spiro atoms. The summed E-state index contributed by atoms with van der Waals surface area (Å²) in [6.45, 7) is 5.38. The summed E-state index contributed by atoms with van der Waals surface area (Å²) in [5.74, 6) is 0.449. The number of hydrogen-bond acceptors (Lipinski definition) is 3. The topological polar surface area (TPSA) is 52.7 Å². The van der Waals surface area contributed by atoms with Gasteiger partial charge in [0.05, 0.1) is 6.04 Å². The van der Waals surface area contributed by atoms with Crippen LogP contribution in [0.5, 0.6) is 0 Å². The highest BCUT2D eigenvalue weighted by atomic mass is 16.2. The van der Waals surface area contributed by atoms with E-state index in [1.807, 2.05) is 49.4 Å². The molecule has 5 heteroatoms. The first-order valence-corrected chi connectivity index (χ1v) is 12.1. The minimum absolute atomic E-state index is 0.00526. The minimum Gasteiger partial charge on any atom is -0.342 e. The van der Waals surface area contributed by atoms with Gasteiger partial charge in [0.2, 0.25) is 11.8 Å². The summed E-state index contributed by atoms with van der Waals surface area (Å²) < 4.78 is 0. The first-order valence-electron chi connectivity index (χ1n) is 12.1. The molecule has 2 aromatic rings. The Hall–Kier alpha value is -2.66. The van der Waals surface area contributed by atoms with Crippen molar-refractivity contribution >= 4 is 17.5 Å². The Morgan fingerprint density at radius 3 is 2.16 bits per heavy atom. The van der Waals surface area contributed by atoms with Gasteiger partial charge in [-0.2, -0.15) is 0 Å². The van der Waals surface area contributed by atoms with Gasteiger partial charge in [-0.25, -0.2) is 0 Å². The monoisotopic (exact) mass is 433 g/mol. The molecule has 0 radical (unpaired) electrons. The predicted molar refractivity (Wildman–Crippen MR) is 129 cm³/mol. The second-order valence-electron chi connectivity index (χ2n) is 9.13. The van der Waals surface area contributed by atoms with Crippen LogP contribution in [0.1, 0.15) is 45.4 Å². The van der Waals surface area contributed by atoms with Crippen molar-refractivity contribution < 1.29 is 9.59 Å². The zero-order valence-electron chi connectivity index (χ0n) is 19.1. The first-order chi connectivity index (χ1) is 15.6. The number of benzene rings is 2. The minimum atomic E-state index is -0.229. The number of likely N-dealkylation sites (tertiary alicyclic amines) is 2. The van der Waals surface area contributed by atoms with Gasteiger partial charge in [0.25, 0.3) is 0 Å². The Morgan fingerprint density at radius 1 is 0.844 bits per heavy atom. The largest absolute Gasteiger partial charge is 0.342 e. The maximum atomic E-state index is 13.1. The van der Waals surface area contributed by atoms with E-state index in [0.717, 1.165) is 68.7 Å². The molecule has 1 N–H and O–H groups in total. The lowest BCUT2D eigenvalue weighted by Gasteiger charge is -2.36. The van der Waals surface area contributed by atoms with E-state index in [-0.39, 0.29) is 17.9 Å². The lowest BCUT2D eigenvalue weighted by molar-refractivity contribution is -0.137. The average molecular weight is 434 g/mol. The van der Waals surface area contributed by atoms with E-state index in [0.29, 0.717) is 5.91 Å². The van der Waals surface area contributed by atoms with Gasteiger partial charge >= 0.3 is 0 Å². The molecule has 2 heterocycles. The molecule has 0 unspecified atom stereocenters. The van der Waals surface area contributed by atoms with Gasteiger partial charge < -0.3 is 10.2 Å². The Balaban J connectivity index is 1.33. The van der Waals surface area contributed by atoms with Crippen molar-refractivity contribution in [2.24, 2.45) is 5.92 Å². The maximum absolute atomic E-state index is 13.1. The second kappa shape index (κ2) is 10.8. The third-order valence-corrected chi connectivity index (χ3v) is 6.99. The van der Waals surface area contributed by atoms with Gasteiger partial charge in [-0.3, -0.25) is 14.5 Å². The van der Waals surface area contributed by atoms with Crippen LogP contribution in [0.4, 0.5) is 5.69 Å². The van der Waals surface area contributed by atoms with E-state index in [1.54, 1.807) is 0 Å². The zero-order chi connectivity index (χ0) is 22.3. The molecular formula is C27H35N3O2. The van der Waals surface area contributed by atoms with Crippen molar-refractivity contribution in [1.29, 1.82) is 0 Å². The number of piperidine rings is 1. The number of anilines is 1. The number of nitrogens with one attached hydrogen (secondary N) is 1. The molecule has 5 nitrogen and oxygen atoms in total. The van der Waals surface area contributed by atoms with Crippen LogP contribution in [0.15, 0.2) is 54.6 Å². The lowest BCUT2D eigenvalue weighted by Crippen LogP contribution is -2.48. The third kappa shape index (κ3) is 5.39. The fraction of sp³-hybridized carbons (Fsp3) is 0.481. The first kappa shape index (κ1) is 22.5. The number of nitrogens with zero attached hydrogens (tertiary/aromatic N) is 2. The Morgan fingerprint density at radius 2 is 1.47 bits per heavy atom. The van der Waals surface area contributed by atoms with Gasteiger partial charge in [0.15, 0.2) is 0 Å². The molecule has 2 aliphatic heterocycles. The summed E-state index contributed by atoms with van der Waals surface area (Å²) in [6.07, 6.45) is 6.42. The normalized spacial score (nSPS) is 19.2. The molecule has 0 saturated carbocycles. The SMILES string of the molecule is C[C@@H](C(=O)Nc1ccccc1-c1ccccc1)N1CCC(C(=O)N2CCCCCC2)CC1. The van der Waals surface area contributed by atoms with E-state index < -0.39 is 0 Å². The number of amides is 2. The van der Waals surface area contributed by atoms with Crippen molar-refractivity contribution in [2.75, 3.05) is 31.5 Å².